The fourth-order valence-electron chi connectivity index (χ4n) is 2.07. The molecule has 0 saturated carbocycles. The van der Waals surface area contributed by atoms with Crippen LogP contribution in [0.5, 0.6) is 0 Å². The fourth-order valence-corrected chi connectivity index (χ4v) is 2.07. The minimum Gasteiger partial charge on any atom is -0.389 e. The molecule has 0 fully saturated rings. The van der Waals surface area contributed by atoms with Gasteiger partial charge in [-0.05, 0) is 25.2 Å². The van der Waals surface area contributed by atoms with Gasteiger partial charge in [0.05, 0.1) is 6.10 Å². The van der Waals surface area contributed by atoms with Crippen molar-refractivity contribution in [2.75, 3.05) is 18.9 Å². The van der Waals surface area contributed by atoms with E-state index in [0.29, 0.717) is 12.1 Å². The summed E-state index contributed by atoms with van der Waals surface area (Å²) in [6.45, 7) is 0.334. The average Bonchev–Trinajstić information content (AvgIpc) is 2.48. The van der Waals surface area contributed by atoms with Gasteiger partial charge in [0.15, 0.2) is 0 Å². The number of aliphatic hydroxyl groups is 2. The number of hydrogen-bond donors (Lipinski definition) is 4. The Kier molecular flexibility index (Phi) is 5.12. The summed E-state index contributed by atoms with van der Waals surface area (Å²) in [7, 11) is 1.74. The molecule has 2 unspecified atom stereocenters. The van der Waals surface area contributed by atoms with Gasteiger partial charge in [0.2, 0.25) is 0 Å². The van der Waals surface area contributed by atoms with E-state index in [4.69, 9.17) is 0 Å². The van der Waals surface area contributed by atoms with Gasteiger partial charge in [0.1, 0.15) is 6.10 Å². The van der Waals surface area contributed by atoms with Crippen LogP contribution in [0.1, 0.15) is 11.7 Å². The Balaban J connectivity index is 2.22. The number of hydrogen-bond acceptors (Lipinski definition) is 4. The summed E-state index contributed by atoms with van der Waals surface area (Å²) in [5.74, 6) is 0. The number of para-hydroxylation sites is 2. The summed E-state index contributed by atoms with van der Waals surface area (Å²) in [6, 6.07) is 17.2. The minimum absolute atomic E-state index is 0.334. The first-order valence-corrected chi connectivity index (χ1v) is 6.64. The molecule has 4 heteroatoms. The predicted octanol–water partition coefficient (Wildman–Crippen LogP) is 2.04. The van der Waals surface area contributed by atoms with Crippen LogP contribution in [0.2, 0.25) is 0 Å². The third-order valence-electron chi connectivity index (χ3n) is 3.11. The third kappa shape index (κ3) is 3.57. The summed E-state index contributed by atoms with van der Waals surface area (Å²) in [4.78, 5) is 0. The largest absolute Gasteiger partial charge is 0.389 e. The second-order valence-electron chi connectivity index (χ2n) is 4.65. The number of likely N-dealkylation sites (N-methyl/N-ethyl adjacent to an activating group) is 1. The second-order valence-corrected chi connectivity index (χ2v) is 4.65. The van der Waals surface area contributed by atoms with Crippen molar-refractivity contribution in [1.29, 1.82) is 0 Å². The van der Waals surface area contributed by atoms with Crippen LogP contribution in [0.25, 0.3) is 0 Å². The zero-order chi connectivity index (χ0) is 14.4. The van der Waals surface area contributed by atoms with Crippen LogP contribution < -0.4 is 10.6 Å². The molecule has 4 N–H and O–H groups in total. The average molecular weight is 272 g/mol. The second kappa shape index (κ2) is 7.05. The lowest BCUT2D eigenvalue weighted by Crippen LogP contribution is -2.29. The maximum Gasteiger partial charge on any atom is 0.108 e. The van der Waals surface area contributed by atoms with E-state index in [-0.39, 0.29) is 0 Å². The van der Waals surface area contributed by atoms with Crippen molar-refractivity contribution in [3.05, 3.63) is 60.2 Å². The molecule has 0 aliphatic heterocycles. The first kappa shape index (κ1) is 14.5. The highest BCUT2D eigenvalue weighted by atomic mass is 16.3. The van der Waals surface area contributed by atoms with E-state index in [0.717, 1.165) is 11.4 Å². The molecule has 0 heterocycles. The van der Waals surface area contributed by atoms with Gasteiger partial charge in [-0.2, -0.15) is 0 Å². The van der Waals surface area contributed by atoms with Crippen molar-refractivity contribution in [3.63, 3.8) is 0 Å². The maximum atomic E-state index is 10.2. The quantitative estimate of drug-likeness (QED) is 0.650. The van der Waals surface area contributed by atoms with Crippen LogP contribution in [0.15, 0.2) is 54.6 Å². The van der Waals surface area contributed by atoms with Crippen LogP contribution in [0.3, 0.4) is 0 Å². The molecular weight excluding hydrogens is 252 g/mol. The van der Waals surface area contributed by atoms with E-state index in [1.807, 2.05) is 54.6 Å². The van der Waals surface area contributed by atoms with Gasteiger partial charge < -0.3 is 20.8 Å². The molecule has 0 amide bonds. The number of aliphatic hydroxyl groups excluding tert-OH is 2. The molecule has 20 heavy (non-hydrogen) atoms. The van der Waals surface area contributed by atoms with Gasteiger partial charge in [-0.15, -0.1) is 0 Å². The lowest BCUT2D eigenvalue weighted by molar-refractivity contribution is 0.0206. The summed E-state index contributed by atoms with van der Waals surface area (Å²) < 4.78 is 0. The van der Waals surface area contributed by atoms with Crippen molar-refractivity contribution >= 4 is 11.4 Å². The number of anilines is 2. The zero-order valence-electron chi connectivity index (χ0n) is 11.5. The molecule has 0 bridgehead atoms. The molecule has 2 aromatic rings. The summed E-state index contributed by atoms with van der Waals surface area (Å²) in [5, 5.41) is 26.3. The first-order chi connectivity index (χ1) is 9.72. The van der Waals surface area contributed by atoms with Crippen molar-refractivity contribution in [3.8, 4) is 0 Å². The van der Waals surface area contributed by atoms with Crippen molar-refractivity contribution < 1.29 is 10.2 Å². The molecule has 2 aromatic carbocycles. The third-order valence-corrected chi connectivity index (χ3v) is 3.11. The first-order valence-electron chi connectivity index (χ1n) is 6.64. The van der Waals surface area contributed by atoms with E-state index < -0.39 is 12.2 Å². The predicted molar refractivity (Wildman–Crippen MR) is 81.1 cm³/mol. The molecule has 2 atom stereocenters. The van der Waals surface area contributed by atoms with Gasteiger partial charge in [0.25, 0.3) is 0 Å². The standard InChI is InChI=1S/C16H20N2O2/c1-17-11-15(19)16(20)13-9-5-6-10-14(13)18-12-7-3-2-4-8-12/h2-10,15-20H,11H2,1H3. The Morgan fingerprint density at radius 2 is 1.60 bits per heavy atom. The monoisotopic (exact) mass is 272 g/mol. The Labute approximate surface area is 119 Å². The van der Waals surface area contributed by atoms with E-state index in [1.165, 1.54) is 0 Å². The summed E-state index contributed by atoms with van der Waals surface area (Å²) >= 11 is 0. The normalized spacial score (nSPS) is 13.8. The van der Waals surface area contributed by atoms with Gasteiger partial charge in [0, 0.05) is 23.5 Å². The van der Waals surface area contributed by atoms with Gasteiger partial charge in [-0.25, -0.2) is 0 Å². The molecule has 0 aliphatic carbocycles. The molecule has 2 rings (SSSR count). The maximum absolute atomic E-state index is 10.2. The number of benzene rings is 2. The number of rotatable bonds is 6. The van der Waals surface area contributed by atoms with E-state index >= 15 is 0 Å². The van der Waals surface area contributed by atoms with Gasteiger partial charge in [-0.1, -0.05) is 36.4 Å². The molecule has 106 valence electrons. The number of nitrogens with one attached hydrogen (secondary N) is 2. The lowest BCUT2D eigenvalue weighted by Gasteiger charge is -2.21. The molecule has 4 nitrogen and oxygen atoms in total. The van der Waals surface area contributed by atoms with E-state index in [1.54, 1.807) is 7.05 Å². The van der Waals surface area contributed by atoms with Crippen LogP contribution in [-0.2, 0) is 0 Å². The summed E-state index contributed by atoms with van der Waals surface area (Å²) in [6.07, 6.45) is -1.78. The molecule has 0 saturated heterocycles. The highest BCUT2D eigenvalue weighted by molar-refractivity contribution is 5.63. The smallest absolute Gasteiger partial charge is 0.108 e. The minimum atomic E-state index is -0.935. The van der Waals surface area contributed by atoms with Crippen molar-refractivity contribution in [1.82, 2.24) is 5.32 Å². The van der Waals surface area contributed by atoms with E-state index in [9.17, 15) is 10.2 Å². The molecular formula is C16H20N2O2. The Morgan fingerprint density at radius 3 is 2.30 bits per heavy atom. The Hall–Kier alpha value is -1.88. The summed E-state index contributed by atoms with van der Waals surface area (Å²) in [5.41, 5.74) is 2.41. The highest BCUT2D eigenvalue weighted by Gasteiger charge is 2.20. The molecule has 0 aromatic heterocycles. The SMILES string of the molecule is CNCC(O)C(O)c1ccccc1Nc1ccccc1. The fraction of sp³-hybridized carbons (Fsp3) is 0.250. The van der Waals surface area contributed by atoms with Crippen molar-refractivity contribution in [2.45, 2.75) is 12.2 Å². The highest BCUT2D eigenvalue weighted by Crippen LogP contribution is 2.27. The van der Waals surface area contributed by atoms with Crippen LogP contribution in [-0.4, -0.2) is 29.9 Å². The Bertz CT molecular complexity index is 531. The van der Waals surface area contributed by atoms with Gasteiger partial charge in [-0.3, -0.25) is 0 Å². The van der Waals surface area contributed by atoms with Crippen LogP contribution >= 0.6 is 0 Å². The van der Waals surface area contributed by atoms with Crippen LogP contribution in [0, 0.1) is 0 Å². The molecule has 0 radical (unpaired) electrons. The van der Waals surface area contributed by atoms with E-state index in [2.05, 4.69) is 10.6 Å². The molecule has 0 aliphatic rings. The Morgan fingerprint density at radius 1 is 0.950 bits per heavy atom. The molecule has 0 spiro atoms. The van der Waals surface area contributed by atoms with Gasteiger partial charge >= 0.3 is 0 Å². The van der Waals surface area contributed by atoms with Crippen LogP contribution in [0.4, 0.5) is 11.4 Å². The lowest BCUT2D eigenvalue weighted by atomic mass is 10.0. The zero-order valence-corrected chi connectivity index (χ0v) is 11.5. The van der Waals surface area contributed by atoms with Crippen molar-refractivity contribution in [2.24, 2.45) is 0 Å². The topological polar surface area (TPSA) is 64.5 Å².